The van der Waals surface area contributed by atoms with Crippen LogP contribution in [0.5, 0.6) is 0 Å². The van der Waals surface area contributed by atoms with Crippen LogP contribution in [0.25, 0.3) is 23.2 Å². The quantitative estimate of drug-likeness (QED) is 0.566. The molecular formula is C16H15N9O. The van der Waals surface area contributed by atoms with Gasteiger partial charge in [-0.2, -0.15) is 25.0 Å². The largest absolute Gasteiger partial charge is 0.368 e. The average Bonchev–Trinajstić information content (AvgIpc) is 3.30. The van der Waals surface area contributed by atoms with Gasteiger partial charge in [-0.05, 0) is 25.1 Å². The summed E-state index contributed by atoms with van der Waals surface area (Å²) >= 11 is 0. The third-order valence-corrected chi connectivity index (χ3v) is 3.64. The molecule has 0 bridgehead atoms. The molecule has 0 amide bonds. The summed E-state index contributed by atoms with van der Waals surface area (Å²) in [4.78, 5) is 18.8. The van der Waals surface area contributed by atoms with E-state index in [1.807, 2.05) is 44.3 Å². The van der Waals surface area contributed by atoms with Crippen LogP contribution >= 0.6 is 0 Å². The molecule has 130 valence electrons. The number of nitrogen functional groups attached to an aromatic ring is 1. The number of aromatic amines is 1. The lowest BCUT2D eigenvalue weighted by Gasteiger charge is -2.17. The molecule has 0 saturated carbocycles. The fourth-order valence-electron chi connectivity index (χ4n) is 2.34. The van der Waals surface area contributed by atoms with Crippen molar-refractivity contribution in [3.05, 3.63) is 42.1 Å². The zero-order valence-corrected chi connectivity index (χ0v) is 14.1. The lowest BCUT2D eigenvalue weighted by Crippen LogP contribution is -2.15. The van der Waals surface area contributed by atoms with Crippen LogP contribution in [0.3, 0.4) is 0 Å². The van der Waals surface area contributed by atoms with E-state index < -0.39 is 0 Å². The van der Waals surface area contributed by atoms with Crippen LogP contribution in [-0.2, 0) is 0 Å². The highest BCUT2D eigenvalue weighted by atomic mass is 16.5. The van der Waals surface area contributed by atoms with Crippen LogP contribution in [-0.4, -0.2) is 42.3 Å². The molecule has 10 heteroatoms. The Balaban J connectivity index is 1.70. The molecule has 0 unspecified atom stereocenters. The fourth-order valence-corrected chi connectivity index (χ4v) is 2.34. The van der Waals surface area contributed by atoms with Crippen LogP contribution in [0.4, 0.5) is 17.6 Å². The van der Waals surface area contributed by atoms with E-state index in [-0.39, 0.29) is 23.5 Å². The topological polar surface area (TPSA) is 136 Å². The second-order valence-corrected chi connectivity index (χ2v) is 5.57. The summed E-state index contributed by atoms with van der Waals surface area (Å²) in [5.74, 6) is 1.13. The molecule has 0 fully saturated rings. The van der Waals surface area contributed by atoms with Gasteiger partial charge in [0.2, 0.25) is 23.5 Å². The molecule has 0 saturated heterocycles. The van der Waals surface area contributed by atoms with Gasteiger partial charge in [0.1, 0.15) is 0 Å². The molecule has 3 N–H and O–H groups in total. The number of aryl methyl sites for hydroxylation is 1. The average molecular weight is 349 g/mol. The van der Waals surface area contributed by atoms with Gasteiger partial charge in [0.05, 0.1) is 0 Å². The molecule has 0 spiro atoms. The van der Waals surface area contributed by atoms with E-state index in [2.05, 4.69) is 35.3 Å². The van der Waals surface area contributed by atoms with E-state index in [0.717, 1.165) is 11.4 Å². The molecule has 1 aromatic carbocycles. The van der Waals surface area contributed by atoms with Crippen LogP contribution in [0, 0.1) is 6.92 Å². The van der Waals surface area contributed by atoms with Crippen molar-refractivity contribution in [3.8, 4) is 23.2 Å². The molecule has 0 radical (unpaired) electrons. The summed E-state index contributed by atoms with van der Waals surface area (Å²) in [6, 6.07) is 11.5. The van der Waals surface area contributed by atoms with Crippen LogP contribution in [0.1, 0.15) is 5.69 Å². The first-order valence-corrected chi connectivity index (χ1v) is 7.77. The maximum atomic E-state index is 5.84. The Hall–Kier alpha value is -3.82. The van der Waals surface area contributed by atoms with Gasteiger partial charge in [0, 0.05) is 18.4 Å². The number of nitrogens with one attached hydrogen (secondary N) is 1. The normalized spacial score (nSPS) is 10.8. The highest BCUT2D eigenvalue weighted by Gasteiger charge is 2.18. The minimum absolute atomic E-state index is 0.0646. The van der Waals surface area contributed by atoms with Crippen molar-refractivity contribution in [1.82, 2.24) is 35.3 Å². The monoisotopic (exact) mass is 349 g/mol. The molecule has 0 atom stereocenters. The molecule has 3 heterocycles. The van der Waals surface area contributed by atoms with Crippen molar-refractivity contribution in [3.63, 3.8) is 0 Å². The molecule has 0 aliphatic carbocycles. The molecule has 4 aromatic rings. The van der Waals surface area contributed by atoms with Gasteiger partial charge in [0.15, 0.2) is 5.69 Å². The van der Waals surface area contributed by atoms with Gasteiger partial charge < -0.3 is 15.2 Å². The maximum absolute atomic E-state index is 5.84. The molecule has 3 aromatic heterocycles. The van der Waals surface area contributed by atoms with Gasteiger partial charge in [-0.3, -0.25) is 5.10 Å². The van der Waals surface area contributed by atoms with Gasteiger partial charge in [-0.15, -0.1) is 0 Å². The summed E-state index contributed by atoms with van der Waals surface area (Å²) in [6.07, 6.45) is 0. The summed E-state index contributed by atoms with van der Waals surface area (Å²) in [5.41, 5.74) is 8.18. The summed E-state index contributed by atoms with van der Waals surface area (Å²) in [7, 11) is 1.84. The van der Waals surface area contributed by atoms with Crippen molar-refractivity contribution in [2.75, 3.05) is 17.7 Å². The Morgan fingerprint density at radius 2 is 1.85 bits per heavy atom. The number of hydrogen-bond donors (Lipinski definition) is 2. The number of nitrogens with two attached hydrogens (primary N) is 1. The van der Waals surface area contributed by atoms with Crippen molar-refractivity contribution in [2.45, 2.75) is 6.92 Å². The van der Waals surface area contributed by atoms with Crippen LogP contribution in [0.15, 0.2) is 40.9 Å². The number of rotatable bonds is 4. The lowest BCUT2D eigenvalue weighted by molar-refractivity contribution is 0.430. The van der Waals surface area contributed by atoms with E-state index in [0.29, 0.717) is 11.6 Å². The standard InChI is InChI=1S/C16H15N9O/c1-9-8-11(23-22-9)14-18-13(24-26-14)12-19-15(17)21-16(20-12)25(2)10-6-4-3-5-7-10/h3-8H,1-2H3,(H,22,23)(H2,17,19,20,21). The summed E-state index contributed by atoms with van der Waals surface area (Å²) in [5, 5.41) is 10.8. The van der Waals surface area contributed by atoms with Crippen molar-refractivity contribution < 1.29 is 4.52 Å². The third kappa shape index (κ3) is 2.95. The SMILES string of the molecule is Cc1cc(-c2nc(-c3nc(N)nc(N(C)c4ccccc4)n3)no2)n[nH]1. The van der Waals surface area contributed by atoms with Crippen molar-refractivity contribution >= 4 is 17.6 Å². The highest BCUT2D eigenvalue weighted by Crippen LogP contribution is 2.23. The number of nitrogens with zero attached hydrogens (tertiary/aromatic N) is 7. The van der Waals surface area contributed by atoms with Crippen molar-refractivity contribution in [2.24, 2.45) is 0 Å². The van der Waals surface area contributed by atoms with Crippen LogP contribution < -0.4 is 10.6 Å². The minimum atomic E-state index is 0.0646. The van der Waals surface area contributed by atoms with Crippen LogP contribution in [0.2, 0.25) is 0 Å². The molecule has 26 heavy (non-hydrogen) atoms. The molecular weight excluding hydrogens is 334 g/mol. The number of anilines is 3. The van der Waals surface area contributed by atoms with Gasteiger partial charge >= 0.3 is 0 Å². The Kier molecular flexibility index (Phi) is 3.77. The summed E-state index contributed by atoms with van der Waals surface area (Å²) < 4.78 is 5.24. The number of hydrogen-bond acceptors (Lipinski definition) is 9. The van der Waals surface area contributed by atoms with E-state index in [1.54, 1.807) is 11.0 Å². The Morgan fingerprint density at radius 3 is 2.58 bits per heavy atom. The fraction of sp³-hybridized carbons (Fsp3) is 0.125. The third-order valence-electron chi connectivity index (χ3n) is 3.64. The molecule has 4 rings (SSSR count). The second kappa shape index (κ2) is 6.24. The number of H-pyrrole nitrogens is 1. The molecule has 0 aliphatic heterocycles. The van der Waals surface area contributed by atoms with E-state index >= 15 is 0 Å². The van der Waals surface area contributed by atoms with Gasteiger partial charge in [-0.1, -0.05) is 23.4 Å². The summed E-state index contributed by atoms with van der Waals surface area (Å²) in [6.45, 7) is 1.88. The first kappa shape index (κ1) is 15.7. The zero-order chi connectivity index (χ0) is 18.1. The van der Waals surface area contributed by atoms with E-state index in [1.165, 1.54) is 0 Å². The van der Waals surface area contributed by atoms with E-state index in [4.69, 9.17) is 10.3 Å². The minimum Gasteiger partial charge on any atom is -0.368 e. The predicted octanol–water partition coefficient (Wildman–Crippen LogP) is 1.97. The Bertz CT molecular complexity index is 1040. The Morgan fingerprint density at radius 1 is 1.04 bits per heavy atom. The first-order valence-electron chi connectivity index (χ1n) is 7.77. The zero-order valence-electron chi connectivity index (χ0n) is 14.1. The van der Waals surface area contributed by atoms with Gasteiger partial charge in [0.25, 0.3) is 5.89 Å². The maximum Gasteiger partial charge on any atom is 0.278 e. The van der Waals surface area contributed by atoms with Gasteiger partial charge in [-0.25, -0.2) is 0 Å². The molecule has 0 aliphatic rings. The lowest BCUT2D eigenvalue weighted by atomic mass is 10.3. The highest BCUT2D eigenvalue weighted by molar-refractivity contribution is 5.59. The first-order chi connectivity index (χ1) is 12.6. The smallest absolute Gasteiger partial charge is 0.278 e. The molecule has 10 nitrogen and oxygen atoms in total. The Labute approximate surface area is 148 Å². The predicted molar refractivity (Wildman–Crippen MR) is 94.4 cm³/mol. The second-order valence-electron chi connectivity index (χ2n) is 5.57. The number of benzene rings is 1. The van der Waals surface area contributed by atoms with Crippen molar-refractivity contribution in [1.29, 1.82) is 0 Å². The number of aromatic nitrogens is 7. The van der Waals surface area contributed by atoms with E-state index in [9.17, 15) is 0 Å². The number of para-hydroxylation sites is 1.